The van der Waals surface area contributed by atoms with Gasteiger partial charge in [0.25, 0.3) is 0 Å². The summed E-state index contributed by atoms with van der Waals surface area (Å²) in [5.74, 6) is 1.33. The fourth-order valence-corrected chi connectivity index (χ4v) is 2.01. The standard InChI is InChI=1S/C17H16N4/c1-13-6-5-9-15(12-13)20-17-18-11-10-16(21-17)19-14-7-3-2-4-8-14/h2-12H,1H3,(H2,18,19,20,21). The number of benzene rings is 2. The second-order valence-electron chi connectivity index (χ2n) is 4.75. The number of hydrogen-bond donors (Lipinski definition) is 2. The SMILES string of the molecule is Cc1cccc(Nc2nccc(Nc3ccccc3)n2)c1. The first kappa shape index (κ1) is 13.1. The molecule has 1 aromatic heterocycles. The van der Waals surface area contributed by atoms with Crippen LogP contribution in [0.4, 0.5) is 23.1 Å². The van der Waals surface area contributed by atoms with Crippen molar-refractivity contribution in [2.24, 2.45) is 0 Å². The first-order valence-electron chi connectivity index (χ1n) is 6.78. The fourth-order valence-electron chi connectivity index (χ4n) is 2.01. The maximum Gasteiger partial charge on any atom is 0.229 e. The van der Waals surface area contributed by atoms with Gasteiger partial charge in [-0.05, 0) is 42.8 Å². The van der Waals surface area contributed by atoms with Crippen molar-refractivity contribution in [3.05, 3.63) is 72.4 Å². The quantitative estimate of drug-likeness (QED) is 0.747. The number of anilines is 4. The Balaban J connectivity index is 1.77. The number of hydrogen-bond acceptors (Lipinski definition) is 4. The molecule has 0 aliphatic carbocycles. The van der Waals surface area contributed by atoms with E-state index in [4.69, 9.17) is 0 Å². The van der Waals surface area contributed by atoms with Crippen LogP contribution in [-0.4, -0.2) is 9.97 Å². The van der Waals surface area contributed by atoms with Crippen LogP contribution in [0.1, 0.15) is 5.56 Å². The van der Waals surface area contributed by atoms with E-state index in [2.05, 4.69) is 39.7 Å². The lowest BCUT2D eigenvalue weighted by Gasteiger charge is -2.08. The van der Waals surface area contributed by atoms with Gasteiger partial charge in [0, 0.05) is 17.6 Å². The van der Waals surface area contributed by atoms with Crippen molar-refractivity contribution < 1.29 is 0 Å². The lowest BCUT2D eigenvalue weighted by molar-refractivity contribution is 1.16. The molecule has 0 radical (unpaired) electrons. The van der Waals surface area contributed by atoms with Gasteiger partial charge in [-0.15, -0.1) is 0 Å². The first-order chi connectivity index (χ1) is 10.3. The molecule has 0 aliphatic heterocycles. The van der Waals surface area contributed by atoms with E-state index in [1.807, 2.05) is 48.5 Å². The largest absolute Gasteiger partial charge is 0.340 e. The predicted molar refractivity (Wildman–Crippen MR) is 86.2 cm³/mol. The van der Waals surface area contributed by atoms with Crippen LogP contribution >= 0.6 is 0 Å². The monoisotopic (exact) mass is 276 g/mol. The van der Waals surface area contributed by atoms with Crippen LogP contribution in [0.5, 0.6) is 0 Å². The molecule has 2 N–H and O–H groups in total. The van der Waals surface area contributed by atoms with E-state index in [0.717, 1.165) is 17.2 Å². The number of rotatable bonds is 4. The van der Waals surface area contributed by atoms with Crippen molar-refractivity contribution in [2.45, 2.75) is 6.92 Å². The molecule has 0 bridgehead atoms. The highest BCUT2D eigenvalue weighted by Crippen LogP contribution is 2.17. The number of nitrogens with one attached hydrogen (secondary N) is 2. The lowest BCUT2D eigenvalue weighted by Crippen LogP contribution is -2.00. The Morgan fingerprint density at radius 2 is 1.62 bits per heavy atom. The smallest absolute Gasteiger partial charge is 0.229 e. The van der Waals surface area contributed by atoms with Gasteiger partial charge in [-0.1, -0.05) is 30.3 Å². The molecule has 4 heteroatoms. The normalized spacial score (nSPS) is 10.1. The molecule has 0 spiro atoms. The third-order valence-corrected chi connectivity index (χ3v) is 2.98. The minimum Gasteiger partial charge on any atom is -0.340 e. The first-order valence-corrected chi connectivity index (χ1v) is 6.78. The molecule has 2 aromatic carbocycles. The molecule has 0 saturated carbocycles. The van der Waals surface area contributed by atoms with Crippen molar-refractivity contribution >= 4 is 23.1 Å². The summed E-state index contributed by atoms with van der Waals surface area (Å²) in [6, 6.07) is 19.9. The second-order valence-corrected chi connectivity index (χ2v) is 4.75. The van der Waals surface area contributed by atoms with Crippen LogP contribution in [0.25, 0.3) is 0 Å². The Hall–Kier alpha value is -2.88. The van der Waals surface area contributed by atoms with Crippen LogP contribution in [0.15, 0.2) is 66.9 Å². The van der Waals surface area contributed by atoms with Crippen molar-refractivity contribution in [1.29, 1.82) is 0 Å². The average Bonchev–Trinajstić information content (AvgIpc) is 2.49. The second kappa shape index (κ2) is 6.05. The summed E-state index contributed by atoms with van der Waals surface area (Å²) in [5.41, 5.74) is 3.17. The highest BCUT2D eigenvalue weighted by molar-refractivity contribution is 5.59. The van der Waals surface area contributed by atoms with Gasteiger partial charge in [0.1, 0.15) is 5.82 Å². The topological polar surface area (TPSA) is 49.8 Å². The average molecular weight is 276 g/mol. The molecule has 0 atom stereocenters. The van der Waals surface area contributed by atoms with Gasteiger partial charge in [-0.25, -0.2) is 4.98 Å². The minimum absolute atomic E-state index is 0.571. The highest BCUT2D eigenvalue weighted by Gasteiger charge is 2.01. The zero-order valence-electron chi connectivity index (χ0n) is 11.7. The van der Waals surface area contributed by atoms with Crippen molar-refractivity contribution in [2.75, 3.05) is 10.6 Å². The van der Waals surface area contributed by atoms with Gasteiger partial charge in [-0.3, -0.25) is 0 Å². The van der Waals surface area contributed by atoms with Gasteiger partial charge in [-0.2, -0.15) is 4.98 Å². The Bertz CT molecular complexity index is 726. The maximum absolute atomic E-state index is 4.46. The van der Waals surface area contributed by atoms with E-state index in [-0.39, 0.29) is 0 Å². The third kappa shape index (κ3) is 3.57. The van der Waals surface area contributed by atoms with Crippen LogP contribution in [-0.2, 0) is 0 Å². The van der Waals surface area contributed by atoms with Gasteiger partial charge in [0.15, 0.2) is 0 Å². The molecule has 0 amide bonds. The summed E-state index contributed by atoms with van der Waals surface area (Å²) in [6.45, 7) is 2.05. The van der Waals surface area contributed by atoms with Crippen LogP contribution in [0.3, 0.4) is 0 Å². The Morgan fingerprint density at radius 3 is 2.43 bits per heavy atom. The summed E-state index contributed by atoms with van der Waals surface area (Å²) in [4.78, 5) is 8.70. The third-order valence-electron chi connectivity index (χ3n) is 2.98. The predicted octanol–water partition coefficient (Wildman–Crippen LogP) is 4.27. The van der Waals surface area contributed by atoms with E-state index in [1.165, 1.54) is 5.56 Å². The van der Waals surface area contributed by atoms with E-state index < -0.39 is 0 Å². The van der Waals surface area contributed by atoms with E-state index >= 15 is 0 Å². The van der Waals surface area contributed by atoms with Crippen molar-refractivity contribution in [3.8, 4) is 0 Å². The van der Waals surface area contributed by atoms with Crippen molar-refractivity contribution in [1.82, 2.24) is 9.97 Å². The number of nitrogens with zero attached hydrogens (tertiary/aromatic N) is 2. The fraction of sp³-hybridized carbons (Fsp3) is 0.0588. The summed E-state index contributed by atoms with van der Waals surface area (Å²) in [6.07, 6.45) is 1.73. The van der Waals surface area contributed by atoms with E-state index in [9.17, 15) is 0 Å². The zero-order valence-corrected chi connectivity index (χ0v) is 11.7. The number of para-hydroxylation sites is 1. The van der Waals surface area contributed by atoms with E-state index in [0.29, 0.717) is 5.95 Å². The molecular formula is C17H16N4. The highest BCUT2D eigenvalue weighted by atomic mass is 15.1. The summed E-state index contributed by atoms with van der Waals surface area (Å²) in [7, 11) is 0. The Morgan fingerprint density at radius 1 is 0.810 bits per heavy atom. The molecule has 0 aliphatic rings. The molecule has 3 rings (SSSR count). The lowest BCUT2D eigenvalue weighted by atomic mass is 10.2. The molecule has 0 fully saturated rings. The van der Waals surface area contributed by atoms with Gasteiger partial charge in [0.05, 0.1) is 0 Å². The minimum atomic E-state index is 0.571. The maximum atomic E-state index is 4.46. The molecule has 0 unspecified atom stereocenters. The molecule has 0 saturated heterocycles. The molecule has 3 aromatic rings. The number of aromatic nitrogens is 2. The molecular weight excluding hydrogens is 260 g/mol. The Kier molecular flexibility index (Phi) is 3.78. The summed E-state index contributed by atoms with van der Waals surface area (Å²) in [5, 5.41) is 6.46. The van der Waals surface area contributed by atoms with Crippen LogP contribution < -0.4 is 10.6 Å². The van der Waals surface area contributed by atoms with Crippen LogP contribution in [0, 0.1) is 6.92 Å². The molecule has 1 heterocycles. The zero-order chi connectivity index (χ0) is 14.5. The van der Waals surface area contributed by atoms with Crippen LogP contribution in [0.2, 0.25) is 0 Å². The van der Waals surface area contributed by atoms with Gasteiger partial charge >= 0.3 is 0 Å². The van der Waals surface area contributed by atoms with E-state index in [1.54, 1.807) is 6.20 Å². The van der Waals surface area contributed by atoms with Gasteiger partial charge in [0.2, 0.25) is 5.95 Å². The Labute approximate surface area is 123 Å². The summed E-state index contributed by atoms with van der Waals surface area (Å²) >= 11 is 0. The summed E-state index contributed by atoms with van der Waals surface area (Å²) < 4.78 is 0. The van der Waals surface area contributed by atoms with Crippen molar-refractivity contribution in [3.63, 3.8) is 0 Å². The molecule has 4 nitrogen and oxygen atoms in total. The number of aryl methyl sites for hydroxylation is 1. The molecule has 104 valence electrons. The molecule has 21 heavy (non-hydrogen) atoms. The van der Waals surface area contributed by atoms with Gasteiger partial charge < -0.3 is 10.6 Å².